The smallest absolute Gasteiger partial charge is 0.226 e. The Labute approximate surface area is 131 Å². The van der Waals surface area contributed by atoms with Gasteiger partial charge in [-0.1, -0.05) is 18.2 Å². The van der Waals surface area contributed by atoms with E-state index < -0.39 is 6.29 Å². The van der Waals surface area contributed by atoms with Gasteiger partial charge in [-0.05, 0) is 18.6 Å². The first-order valence-corrected chi connectivity index (χ1v) is 7.22. The number of anilines is 1. The highest BCUT2D eigenvalue weighted by atomic mass is 16.7. The molecule has 0 radical (unpaired) electrons. The molecule has 0 saturated heterocycles. The predicted molar refractivity (Wildman–Crippen MR) is 84.5 cm³/mol. The van der Waals surface area contributed by atoms with Crippen LogP contribution in [0.5, 0.6) is 0 Å². The Hall–Kier alpha value is -1.92. The highest BCUT2D eigenvalue weighted by Crippen LogP contribution is 2.13. The Morgan fingerprint density at radius 3 is 2.36 bits per heavy atom. The van der Waals surface area contributed by atoms with Crippen LogP contribution in [0.3, 0.4) is 0 Å². The van der Waals surface area contributed by atoms with E-state index in [0.717, 1.165) is 5.69 Å². The van der Waals surface area contributed by atoms with E-state index in [2.05, 4.69) is 5.32 Å². The maximum atomic E-state index is 12.0. The van der Waals surface area contributed by atoms with Crippen LogP contribution < -0.4 is 10.2 Å². The zero-order valence-electron chi connectivity index (χ0n) is 13.4. The molecule has 0 saturated carbocycles. The van der Waals surface area contributed by atoms with E-state index in [-0.39, 0.29) is 11.8 Å². The zero-order valence-corrected chi connectivity index (χ0v) is 13.4. The molecule has 6 nitrogen and oxygen atoms in total. The number of carbonyl (C=O) groups is 2. The maximum absolute atomic E-state index is 12.0. The predicted octanol–water partition coefficient (Wildman–Crippen LogP) is 1.55. The van der Waals surface area contributed by atoms with Gasteiger partial charge in [0.2, 0.25) is 11.8 Å². The molecule has 2 amide bonds. The Bertz CT molecular complexity index is 460. The van der Waals surface area contributed by atoms with Crippen LogP contribution in [0.1, 0.15) is 19.3 Å². The quantitative estimate of drug-likeness (QED) is 0.703. The Kier molecular flexibility index (Phi) is 8.17. The molecule has 0 heterocycles. The number of hydrogen-bond acceptors (Lipinski definition) is 4. The number of benzene rings is 1. The van der Waals surface area contributed by atoms with E-state index in [9.17, 15) is 9.59 Å². The third-order valence-electron chi connectivity index (χ3n) is 3.30. The summed E-state index contributed by atoms with van der Waals surface area (Å²) in [7, 11) is 4.76. The van der Waals surface area contributed by atoms with Crippen molar-refractivity contribution < 1.29 is 19.1 Å². The minimum atomic E-state index is -0.449. The van der Waals surface area contributed by atoms with Crippen LogP contribution in [0.25, 0.3) is 0 Å². The highest BCUT2D eigenvalue weighted by Gasteiger charge is 2.12. The molecule has 0 unspecified atom stereocenters. The molecule has 122 valence electrons. The van der Waals surface area contributed by atoms with Crippen LogP contribution in [0.2, 0.25) is 0 Å². The monoisotopic (exact) mass is 308 g/mol. The van der Waals surface area contributed by atoms with Crippen LogP contribution in [0.4, 0.5) is 5.69 Å². The first-order valence-electron chi connectivity index (χ1n) is 7.22. The molecule has 6 heteroatoms. The van der Waals surface area contributed by atoms with Crippen LogP contribution >= 0.6 is 0 Å². The molecule has 0 aliphatic rings. The number of amides is 2. The van der Waals surface area contributed by atoms with Gasteiger partial charge >= 0.3 is 0 Å². The van der Waals surface area contributed by atoms with E-state index in [4.69, 9.17) is 9.47 Å². The van der Waals surface area contributed by atoms with Gasteiger partial charge in [-0.15, -0.1) is 0 Å². The third-order valence-corrected chi connectivity index (χ3v) is 3.30. The minimum Gasteiger partial charge on any atom is -0.354 e. The first-order chi connectivity index (χ1) is 10.6. The van der Waals surface area contributed by atoms with E-state index in [1.165, 1.54) is 14.2 Å². The van der Waals surface area contributed by atoms with Crippen molar-refractivity contribution in [2.24, 2.45) is 0 Å². The Morgan fingerprint density at radius 2 is 1.77 bits per heavy atom. The summed E-state index contributed by atoms with van der Waals surface area (Å²) in [4.78, 5) is 25.3. The number of para-hydroxylation sites is 1. The van der Waals surface area contributed by atoms with Crippen LogP contribution in [-0.4, -0.2) is 45.9 Å². The molecule has 1 N–H and O–H groups in total. The molecule has 0 atom stereocenters. The first kappa shape index (κ1) is 18.1. The molecular weight excluding hydrogens is 284 g/mol. The van der Waals surface area contributed by atoms with Gasteiger partial charge in [-0.25, -0.2) is 0 Å². The lowest BCUT2D eigenvalue weighted by Crippen LogP contribution is -2.34. The van der Waals surface area contributed by atoms with Crippen molar-refractivity contribution in [2.75, 3.05) is 32.7 Å². The van der Waals surface area contributed by atoms with Crippen molar-refractivity contribution in [1.82, 2.24) is 5.32 Å². The fourth-order valence-electron chi connectivity index (χ4n) is 1.91. The number of hydrogen-bond donors (Lipinski definition) is 1. The second-order valence-electron chi connectivity index (χ2n) is 4.85. The molecule has 22 heavy (non-hydrogen) atoms. The summed E-state index contributed by atoms with van der Waals surface area (Å²) in [5.41, 5.74) is 0.847. The topological polar surface area (TPSA) is 67.9 Å². The highest BCUT2D eigenvalue weighted by molar-refractivity contribution is 5.92. The van der Waals surface area contributed by atoms with Gasteiger partial charge in [0.25, 0.3) is 0 Å². The number of rotatable bonds is 9. The van der Waals surface area contributed by atoms with Crippen molar-refractivity contribution in [3.63, 3.8) is 0 Å². The maximum Gasteiger partial charge on any atom is 0.226 e. The van der Waals surface area contributed by atoms with E-state index >= 15 is 0 Å². The number of ether oxygens (including phenoxy) is 2. The average Bonchev–Trinajstić information content (AvgIpc) is 2.55. The van der Waals surface area contributed by atoms with E-state index in [1.54, 1.807) is 11.9 Å². The van der Waals surface area contributed by atoms with Gasteiger partial charge in [0.05, 0.1) is 6.54 Å². The molecule has 0 aliphatic heterocycles. The summed E-state index contributed by atoms with van der Waals surface area (Å²) in [6, 6.07) is 9.42. The van der Waals surface area contributed by atoms with Gasteiger partial charge in [-0.2, -0.15) is 0 Å². The van der Waals surface area contributed by atoms with Crippen LogP contribution in [0.15, 0.2) is 30.3 Å². The summed E-state index contributed by atoms with van der Waals surface area (Å²) in [6.45, 7) is 0.295. The normalized spacial score (nSPS) is 10.5. The molecule has 0 spiro atoms. The van der Waals surface area contributed by atoms with Crippen molar-refractivity contribution >= 4 is 17.5 Å². The Balaban J connectivity index is 2.26. The molecule has 0 fully saturated rings. The molecule has 0 aromatic heterocycles. The van der Waals surface area contributed by atoms with Gasteiger partial charge in [-0.3, -0.25) is 9.59 Å². The molecule has 1 rings (SSSR count). The van der Waals surface area contributed by atoms with E-state index in [1.807, 2.05) is 30.3 Å². The van der Waals surface area contributed by atoms with E-state index in [0.29, 0.717) is 25.8 Å². The zero-order chi connectivity index (χ0) is 16.4. The lowest BCUT2D eigenvalue weighted by molar-refractivity contribution is -0.127. The number of nitrogens with zero attached hydrogens (tertiary/aromatic N) is 1. The van der Waals surface area contributed by atoms with Gasteiger partial charge in [0, 0.05) is 39.8 Å². The summed E-state index contributed by atoms with van der Waals surface area (Å²) >= 11 is 0. The van der Waals surface area contributed by atoms with Crippen molar-refractivity contribution in [1.29, 1.82) is 0 Å². The fraction of sp³-hybridized carbons (Fsp3) is 0.500. The van der Waals surface area contributed by atoms with Gasteiger partial charge in [0.1, 0.15) is 0 Å². The van der Waals surface area contributed by atoms with Gasteiger partial charge in [0.15, 0.2) is 6.29 Å². The lowest BCUT2D eigenvalue weighted by atomic mass is 10.2. The van der Waals surface area contributed by atoms with Crippen LogP contribution in [-0.2, 0) is 19.1 Å². The van der Waals surface area contributed by atoms with Crippen molar-refractivity contribution in [3.8, 4) is 0 Å². The summed E-state index contributed by atoms with van der Waals surface area (Å²) in [6.07, 6.45) is 0.687. The summed E-state index contributed by atoms with van der Waals surface area (Å²) in [5.74, 6) is -0.125. The second-order valence-corrected chi connectivity index (χ2v) is 4.85. The molecule has 1 aromatic rings. The number of methoxy groups -OCH3 is 2. The van der Waals surface area contributed by atoms with Crippen molar-refractivity contribution in [2.45, 2.75) is 25.6 Å². The Morgan fingerprint density at radius 1 is 1.14 bits per heavy atom. The summed E-state index contributed by atoms with van der Waals surface area (Å²) in [5, 5.41) is 2.71. The molecule has 1 aromatic carbocycles. The minimum absolute atomic E-state index is 0.00865. The fourth-order valence-corrected chi connectivity index (χ4v) is 1.91. The standard InChI is InChI=1S/C16H24N2O4/c1-18(13-8-5-4-6-9-13)15(20)11-7-10-14(19)17-12-16(21-2)22-3/h4-6,8-9,16H,7,10-12H2,1-3H3,(H,17,19). The average molecular weight is 308 g/mol. The van der Waals surface area contributed by atoms with Gasteiger partial charge < -0.3 is 19.7 Å². The lowest BCUT2D eigenvalue weighted by Gasteiger charge is -2.17. The SMILES string of the molecule is COC(CNC(=O)CCCC(=O)N(C)c1ccccc1)OC. The molecular formula is C16H24N2O4. The molecule has 0 aliphatic carbocycles. The van der Waals surface area contributed by atoms with Crippen molar-refractivity contribution in [3.05, 3.63) is 30.3 Å². The van der Waals surface area contributed by atoms with Crippen LogP contribution in [0, 0.1) is 0 Å². The molecule has 0 bridgehead atoms. The number of carbonyl (C=O) groups excluding carboxylic acids is 2. The number of nitrogens with one attached hydrogen (secondary N) is 1. The second kappa shape index (κ2) is 9.92. The summed E-state index contributed by atoms with van der Waals surface area (Å²) < 4.78 is 9.95. The third kappa shape index (κ3) is 6.24. The largest absolute Gasteiger partial charge is 0.354 e.